The van der Waals surface area contributed by atoms with Gasteiger partial charge in [0.2, 0.25) is 0 Å². The monoisotopic (exact) mass is 309 g/mol. The molecule has 1 atom stereocenters. The number of fused-ring (bicyclic) bond motifs is 1. The van der Waals surface area contributed by atoms with Crippen molar-refractivity contribution in [3.05, 3.63) is 45.1 Å². The van der Waals surface area contributed by atoms with Crippen LogP contribution in [-0.2, 0) is 0 Å². The molecule has 1 N–H and O–H groups in total. The van der Waals surface area contributed by atoms with Crippen molar-refractivity contribution >= 4 is 22.9 Å². The Hall–Kier alpha value is -1.23. The summed E-state index contributed by atoms with van der Waals surface area (Å²) in [5.74, 6) is 1.64. The molecule has 5 heteroatoms. The molecule has 0 radical (unpaired) electrons. The fourth-order valence-corrected chi connectivity index (χ4v) is 3.47. The van der Waals surface area contributed by atoms with E-state index in [1.54, 1.807) is 11.3 Å². The van der Waals surface area contributed by atoms with Crippen LogP contribution in [0.3, 0.4) is 0 Å². The van der Waals surface area contributed by atoms with E-state index in [1.165, 1.54) is 4.88 Å². The zero-order valence-electron chi connectivity index (χ0n) is 11.2. The highest BCUT2D eigenvalue weighted by Gasteiger charge is 2.19. The van der Waals surface area contributed by atoms with Crippen molar-refractivity contribution in [1.29, 1.82) is 0 Å². The van der Waals surface area contributed by atoms with Crippen LogP contribution >= 0.6 is 22.9 Å². The number of ether oxygens (including phenoxy) is 2. The summed E-state index contributed by atoms with van der Waals surface area (Å²) in [7, 11) is 0. The van der Waals surface area contributed by atoms with Crippen LogP contribution in [0.15, 0.2) is 30.3 Å². The topological polar surface area (TPSA) is 30.5 Å². The van der Waals surface area contributed by atoms with Gasteiger partial charge in [-0.05, 0) is 36.4 Å². The Morgan fingerprint density at radius 3 is 2.70 bits per heavy atom. The van der Waals surface area contributed by atoms with E-state index in [4.69, 9.17) is 21.1 Å². The molecule has 0 amide bonds. The Bertz CT molecular complexity index is 599. The van der Waals surface area contributed by atoms with E-state index in [0.717, 1.165) is 27.9 Å². The summed E-state index contributed by atoms with van der Waals surface area (Å²) in [6, 6.07) is 10.2. The molecule has 0 fully saturated rings. The Labute approximate surface area is 127 Å². The third kappa shape index (κ3) is 2.77. The molecular weight excluding hydrogens is 294 g/mol. The van der Waals surface area contributed by atoms with Gasteiger partial charge < -0.3 is 14.8 Å². The van der Waals surface area contributed by atoms with Gasteiger partial charge in [-0.1, -0.05) is 24.6 Å². The van der Waals surface area contributed by atoms with E-state index in [1.807, 2.05) is 12.1 Å². The van der Waals surface area contributed by atoms with Crippen LogP contribution in [0.25, 0.3) is 0 Å². The van der Waals surface area contributed by atoms with Crippen molar-refractivity contribution in [3.8, 4) is 11.5 Å². The van der Waals surface area contributed by atoms with E-state index < -0.39 is 0 Å². The number of rotatable bonds is 4. The van der Waals surface area contributed by atoms with Gasteiger partial charge in [0.05, 0.1) is 10.4 Å². The van der Waals surface area contributed by atoms with Crippen LogP contribution in [0, 0.1) is 0 Å². The number of thiophene rings is 1. The number of halogens is 1. The predicted molar refractivity (Wildman–Crippen MR) is 82.3 cm³/mol. The maximum atomic E-state index is 6.05. The fraction of sp³-hybridized carbons (Fsp3) is 0.333. The average molecular weight is 310 g/mol. The smallest absolute Gasteiger partial charge is 0.161 e. The van der Waals surface area contributed by atoms with Gasteiger partial charge in [-0.2, -0.15) is 0 Å². The summed E-state index contributed by atoms with van der Waals surface area (Å²) in [4.78, 5) is 1.20. The Kier molecular flexibility index (Phi) is 4.15. The molecule has 1 aliphatic heterocycles. The van der Waals surface area contributed by atoms with Crippen molar-refractivity contribution in [1.82, 2.24) is 5.32 Å². The van der Waals surface area contributed by atoms with Gasteiger partial charge in [0, 0.05) is 4.88 Å². The quantitative estimate of drug-likeness (QED) is 0.930. The SMILES string of the molecule is CCNC(c1ccc2c(c1)OCCO2)c1ccc(Cl)s1. The maximum Gasteiger partial charge on any atom is 0.161 e. The molecule has 106 valence electrons. The highest BCUT2D eigenvalue weighted by Crippen LogP contribution is 2.36. The average Bonchev–Trinajstić information content (AvgIpc) is 2.90. The van der Waals surface area contributed by atoms with Crippen LogP contribution in [-0.4, -0.2) is 19.8 Å². The third-order valence-corrected chi connectivity index (χ3v) is 4.48. The largest absolute Gasteiger partial charge is 0.486 e. The first-order valence-corrected chi connectivity index (χ1v) is 7.85. The van der Waals surface area contributed by atoms with E-state index >= 15 is 0 Å². The molecule has 0 aliphatic carbocycles. The van der Waals surface area contributed by atoms with Crippen LogP contribution in [0.5, 0.6) is 11.5 Å². The molecule has 1 unspecified atom stereocenters. The molecule has 0 saturated carbocycles. The Morgan fingerprint density at radius 1 is 1.20 bits per heavy atom. The van der Waals surface area contributed by atoms with E-state index in [9.17, 15) is 0 Å². The third-order valence-electron chi connectivity index (χ3n) is 3.19. The number of hydrogen-bond acceptors (Lipinski definition) is 4. The van der Waals surface area contributed by atoms with Crippen molar-refractivity contribution in [2.24, 2.45) is 0 Å². The second kappa shape index (κ2) is 6.04. The van der Waals surface area contributed by atoms with Gasteiger partial charge in [0.15, 0.2) is 11.5 Å². The molecule has 1 aromatic heterocycles. The molecule has 2 aromatic rings. The summed E-state index contributed by atoms with van der Waals surface area (Å²) in [5, 5.41) is 3.49. The van der Waals surface area contributed by atoms with Gasteiger partial charge in [-0.15, -0.1) is 11.3 Å². The lowest BCUT2D eigenvalue weighted by molar-refractivity contribution is 0.171. The summed E-state index contributed by atoms with van der Waals surface area (Å²) < 4.78 is 12.0. The number of benzene rings is 1. The Morgan fingerprint density at radius 2 is 2.00 bits per heavy atom. The fourth-order valence-electron chi connectivity index (χ4n) is 2.31. The van der Waals surface area contributed by atoms with Crippen molar-refractivity contribution in [3.63, 3.8) is 0 Å². The van der Waals surface area contributed by atoms with Crippen LogP contribution in [0.4, 0.5) is 0 Å². The molecule has 0 bridgehead atoms. The molecule has 20 heavy (non-hydrogen) atoms. The standard InChI is InChI=1S/C15H16ClNO2S/c1-2-17-15(13-5-6-14(16)20-13)10-3-4-11-12(9-10)19-8-7-18-11/h3-6,9,15,17H,2,7-8H2,1H3. The summed E-state index contributed by atoms with van der Waals surface area (Å²) in [5.41, 5.74) is 1.16. The Balaban J connectivity index is 1.95. The van der Waals surface area contributed by atoms with Crippen LogP contribution < -0.4 is 14.8 Å². The zero-order valence-corrected chi connectivity index (χ0v) is 12.8. The summed E-state index contributed by atoms with van der Waals surface area (Å²) >= 11 is 7.65. The molecule has 1 aromatic carbocycles. The van der Waals surface area contributed by atoms with Crippen LogP contribution in [0.1, 0.15) is 23.4 Å². The highest BCUT2D eigenvalue weighted by molar-refractivity contribution is 7.16. The molecule has 3 nitrogen and oxygen atoms in total. The lowest BCUT2D eigenvalue weighted by Crippen LogP contribution is -2.22. The first-order chi connectivity index (χ1) is 9.78. The molecule has 0 saturated heterocycles. The number of hydrogen-bond donors (Lipinski definition) is 1. The summed E-state index contributed by atoms with van der Waals surface area (Å²) in [6.45, 7) is 4.20. The van der Waals surface area contributed by atoms with Gasteiger partial charge >= 0.3 is 0 Å². The normalized spacial score (nSPS) is 15.1. The van der Waals surface area contributed by atoms with Crippen molar-refractivity contribution < 1.29 is 9.47 Å². The lowest BCUT2D eigenvalue weighted by atomic mass is 10.0. The van der Waals surface area contributed by atoms with E-state index in [0.29, 0.717) is 13.2 Å². The van der Waals surface area contributed by atoms with Crippen molar-refractivity contribution in [2.45, 2.75) is 13.0 Å². The highest BCUT2D eigenvalue weighted by atomic mass is 35.5. The molecule has 3 rings (SSSR count). The molecule has 0 spiro atoms. The van der Waals surface area contributed by atoms with Crippen molar-refractivity contribution in [2.75, 3.05) is 19.8 Å². The second-order valence-electron chi connectivity index (χ2n) is 4.54. The predicted octanol–water partition coefficient (Wildman–Crippen LogP) is 3.87. The maximum absolute atomic E-state index is 6.05. The minimum atomic E-state index is 0.133. The van der Waals surface area contributed by atoms with E-state index in [2.05, 4.69) is 30.4 Å². The second-order valence-corrected chi connectivity index (χ2v) is 6.28. The molecule has 2 heterocycles. The molecular formula is C15H16ClNO2S. The van der Waals surface area contributed by atoms with Gasteiger partial charge in [0.25, 0.3) is 0 Å². The minimum Gasteiger partial charge on any atom is -0.486 e. The van der Waals surface area contributed by atoms with Gasteiger partial charge in [-0.25, -0.2) is 0 Å². The van der Waals surface area contributed by atoms with Crippen LogP contribution in [0.2, 0.25) is 4.34 Å². The molecule has 1 aliphatic rings. The minimum absolute atomic E-state index is 0.133. The zero-order chi connectivity index (χ0) is 13.9. The summed E-state index contributed by atoms with van der Waals surface area (Å²) in [6.07, 6.45) is 0. The number of nitrogens with one attached hydrogen (secondary N) is 1. The van der Waals surface area contributed by atoms with Gasteiger partial charge in [-0.3, -0.25) is 0 Å². The first-order valence-electron chi connectivity index (χ1n) is 6.66. The van der Waals surface area contributed by atoms with E-state index in [-0.39, 0.29) is 6.04 Å². The van der Waals surface area contributed by atoms with Gasteiger partial charge in [0.1, 0.15) is 13.2 Å². The first kappa shape index (κ1) is 13.7. The lowest BCUT2D eigenvalue weighted by Gasteiger charge is -2.22.